The van der Waals surface area contributed by atoms with Gasteiger partial charge in [-0.05, 0) is 57.6 Å². The molecule has 2 aliphatic rings. The number of rotatable bonds is 2. The Bertz CT molecular complexity index is 1720. The van der Waals surface area contributed by atoms with Crippen LogP contribution in [0.15, 0.2) is 97.1 Å². The van der Waals surface area contributed by atoms with Gasteiger partial charge in [0, 0.05) is 32.0 Å². The van der Waals surface area contributed by atoms with Gasteiger partial charge in [-0.2, -0.15) is 0 Å². The summed E-state index contributed by atoms with van der Waals surface area (Å²) in [6.07, 6.45) is 0. The molecule has 7 rings (SSSR count). The van der Waals surface area contributed by atoms with E-state index in [1.54, 1.807) is 36.4 Å². The topological polar surface area (TPSA) is 68.3 Å². The lowest BCUT2D eigenvalue weighted by Crippen LogP contribution is -2.21. The van der Waals surface area contributed by atoms with Crippen molar-refractivity contribution in [2.24, 2.45) is 0 Å². The van der Waals surface area contributed by atoms with Gasteiger partial charge in [-0.1, -0.05) is 72.8 Å². The molecular weight excluding hydrogens is 480 g/mol. The largest absolute Gasteiger partial charge is 0.285 e. The van der Waals surface area contributed by atoms with Gasteiger partial charge >= 0.3 is 0 Å². The zero-order chi connectivity index (χ0) is 25.3. The van der Waals surface area contributed by atoms with E-state index in [1.165, 1.54) is 11.3 Å². The second-order valence-corrected chi connectivity index (χ2v) is 10.2. The summed E-state index contributed by atoms with van der Waals surface area (Å²) in [4.78, 5) is 52.9. The first-order valence-electron chi connectivity index (χ1n) is 11.8. The number of hydrogen-bond acceptors (Lipinski definition) is 5. The fourth-order valence-corrected chi connectivity index (χ4v) is 6.21. The van der Waals surface area contributed by atoms with E-state index >= 15 is 0 Å². The lowest BCUT2D eigenvalue weighted by Gasteiger charge is -2.18. The molecule has 4 nitrogen and oxygen atoms in total. The Morgan fingerprint density at radius 3 is 1.14 bits per heavy atom. The van der Waals surface area contributed by atoms with Crippen LogP contribution in [0.25, 0.3) is 43.1 Å². The number of Topliss-reactive ketones (excluding diaryl/α,β-unsaturated/α-hetero) is 4. The lowest BCUT2D eigenvalue weighted by molar-refractivity contribution is 0.0815. The van der Waals surface area contributed by atoms with E-state index in [0.717, 1.165) is 43.1 Å². The van der Waals surface area contributed by atoms with Crippen molar-refractivity contribution in [2.75, 3.05) is 0 Å². The van der Waals surface area contributed by atoms with Gasteiger partial charge in [0.15, 0.2) is 0 Å². The zero-order valence-electron chi connectivity index (χ0n) is 19.3. The Morgan fingerprint density at radius 2 is 0.703 bits per heavy atom. The molecule has 0 spiro atoms. The van der Waals surface area contributed by atoms with Crippen LogP contribution in [0.1, 0.15) is 41.4 Å². The molecule has 1 heterocycles. The van der Waals surface area contributed by atoms with Crippen molar-refractivity contribution < 1.29 is 19.2 Å². The molecule has 1 aromatic heterocycles. The summed E-state index contributed by atoms with van der Waals surface area (Å²) >= 11 is 1.52. The minimum absolute atomic E-state index is 0.410. The van der Waals surface area contributed by atoms with Gasteiger partial charge in [0.05, 0.1) is 0 Å². The van der Waals surface area contributed by atoms with Crippen LogP contribution in [0.2, 0.25) is 0 Å². The van der Waals surface area contributed by atoms with Crippen LogP contribution < -0.4 is 0 Å². The van der Waals surface area contributed by atoms with Gasteiger partial charge in [0.2, 0.25) is 23.1 Å². The summed E-state index contributed by atoms with van der Waals surface area (Å²) in [6, 6.07) is 29.6. The van der Waals surface area contributed by atoms with Crippen molar-refractivity contribution in [1.29, 1.82) is 0 Å². The Balaban J connectivity index is 1.28. The predicted octanol–water partition coefficient (Wildman–Crippen LogP) is 7.17. The summed E-state index contributed by atoms with van der Waals surface area (Å²) in [5.74, 6) is -1.96. The second-order valence-electron chi connectivity index (χ2n) is 9.09. The molecule has 2 aliphatic carbocycles. The van der Waals surface area contributed by atoms with Gasteiger partial charge in [-0.15, -0.1) is 11.3 Å². The number of hydrogen-bond donors (Lipinski definition) is 0. The molecule has 0 saturated heterocycles. The quantitative estimate of drug-likeness (QED) is 0.243. The average Bonchev–Trinajstić information content (AvgIpc) is 3.45. The highest BCUT2D eigenvalue weighted by atomic mass is 32.1. The van der Waals surface area contributed by atoms with Crippen molar-refractivity contribution in [2.45, 2.75) is 0 Å². The molecule has 0 fully saturated rings. The normalized spacial score (nSPS) is 13.6. The predicted molar refractivity (Wildman–Crippen MR) is 143 cm³/mol. The highest BCUT2D eigenvalue weighted by molar-refractivity contribution is 7.18. The van der Waals surface area contributed by atoms with E-state index in [0.29, 0.717) is 22.3 Å². The first-order chi connectivity index (χ1) is 18.0. The van der Waals surface area contributed by atoms with Crippen molar-refractivity contribution in [3.05, 3.63) is 119 Å². The molecular formula is C32H16O4S. The molecule has 5 heteroatoms. The first-order valence-corrected chi connectivity index (χ1v) is 12.6. The second kappa shape index (κ2) is 7.88. The molecule has 4 aromatic carbocycles. The number of carbonyl (C=O) groups excluding carboxylic acids is 4. The number of thiophene rings is 1. The van der Waals surface area contributed by atoms with Crippen LogP contribution in [-0.4, -0.2) is 23.1 Å². The molecule has 0 radical (unpaired) electrons. The van der Waals surface area contributed by atoms with Gasteiger partial charge < -0.3 is 0 Å². The highest BCUT2D eigenvalue weighted by Gasteiger charge is 2.31. The molecule has 0 amide bonds. The Hall–Kier alpha value is -4.74. The van der Waals surface area contributed by atoms with Crippen molar-refractivity contribution in [3.8, 4) is 43.1 Å². The minimum Gasteiger partial charge on any atom is -0.285 e. The van der Waals surface area contributed by atoms with Gasteiger partial charge in [0.1, 0.15) is 0 Å². The third kappa shape index (κ3) is 3.14. The number of ketones is 4. The summed E-state index contributed by atoms with van der Waals surface area (Å²) in [6.45, 7) is 0. The van der Waals surface area contributed by atoms with Crippen LogP contribution in [0, 0.1) is 0 Å². The molecule has 0 N–H and O–H groups in total. The van der Waals surface area contributed by atoms with Crippen molar-refractivity contribution in [1.82, 2.24) is 0 Å². The van der Waals surface area contributed by atoms with E-state index in [-0.39, 0.29) is 0 Å². The van der Waals surface area contributed by atoms with E-state index < -0.39 is 23.1 Å². The molecule has 0 bridgehead atoms. The maximum absolute atomic E-state index is 12.9. The molecule has 0 unspecified atom stereocenters. The van der Waals surface area contributed by atoms with Crippen LogP contribution in [0.3, 0.4) is 0 Å². The summed E-state index contributed by atoms with van der Waals surface area (Å²) in [5, 5.41) is 0. The van der Waals surface area contributed by atoms with Gasteiger partial charge in [0.25, 0.3) is 0 Å². The summed E-state index contributed by atoms with van der Waals surface area (Å²) in [7, 11) is 0. The molecule has 37 heavy (non-hydrogen) atoms. The van der Waals surface area contributed by atoms with Crippen LogP contribution in [-0.2, 0) is 0 Å². The number of carbonyl (C=O) groups is 4. The fraction of sp³-hybridized carbons (Fsp3) is 0. The zero-order valence-corrected chi connectivity index (χ0v) is 20.1. The lowest BCUT2D eigenvalue weighted by atomic mass is 9.83. The maximum atomic E-state index is 12.9. The standard InChI is InChI=1S/C32H16O4S/c33-29-23-7-3-1-5-19(23)21-11-9-17(15-25(21)31(29)35)27-13-14-28(37-27)18-10-12-22-20-6-2-4-8-24(20)30(34)32(36)26(22)16-18/h1-16H. The van der Waals surface area contributed by atoms with Gasteiger partial charge in [-0.3, -0.25) is 19.2 Å². The van der Waals surface area contributed by atoms with E-state index in [9.17, 15) is 19.2 Å². The third-order valence-corrected chi connectivity index (χ3v) is 8.22. The number of fused-ring (bicyclic) bond motifs is 6. The minimum atomic E-state index is -0.495. The Labute approximate surface area is 215 Å². The van der Waals surface area contributed by atoms with Gasteiger partial charge in [-0.25, -0.2) is 0 Å². The maximum Gasteiger partial charge on any atom is 0.234 e. The average molecular weight is 497 g/mol. The summed E-state index contributed by atoms with van der Waals surface area (Å²) < 4.78 is 0. The number of benzene rings is 4. The fourth-order valence-electron chi connectivity index (χ4n) is 5.21. The highest BCUT2D eigenvalue weighted by Crippen LogP contribution is 2.41. The first kappa shape index (κ1) is 21.5. The monoisotopic (exact) mass is 496 g/mol. The molecule has 174 valence electrons. The SMILES string of the molecule is O=C1C(=O)c2cc(-c3ccc(-c4ccc5c(c4)C(=O)C(=O)c4ccccc4-5)s3)ccc2-c2ccccc21. The van der Waals surface area contributed by atoms with Crippen molar-refractivity contribution >= 4 is 34.5 Å². The smallest absolute Gasteiger partial charge is 0.234 e. The molecule has 5 aromatic rings. The summed E-state index contributed by atoms with van der Waals surface area (Å²) in [5.41, 5.74) is 6.45. The van der Waals surface area contributed by atoms with E-state index in [4.69, 9.17) is 0 Å². The molecule has 0 aliphatic heterocycles. The molecule has 0 atom stereocenters. The van der Waals surface area contributed by atoms with Crippen molar-refractivity contribution in [3.63, 3.8) is 0 Å². The van der Waals surface area contributed by atoms with E-state index in [2.05, 4.69) is 0 Å². The van der Waals surface area contributed by atoms with Crippen LogP contribution in [0.4, 0.5) is 0 Å². The van der Waals surface area contributed by atoms with E-state index in [1.807, 2.05) is 60.7 Å². The third-order valence-electron chi connectivity index (χ3n) is 7.04. The Morgan fingerprint density at radius 1 is 0.351 bits per heavy atom. The Kier molecular flexibility index (Phi) is 4.59. The molecule has 0 saturated carbocycles. The van der Waals surface area contributed by atoms with Crippen LogP contribution >= 0.6 is 11.3 Å². The van der Waals surface area contributed by atoms with Crippen LogP contribution in [0.5, 0.6) is 0 Å².